The van der Waals surface area contributed by atoms with Crippen LogP contribution in [0.25, 0.3) is 0 Å². The van der Waals surface area contributed by atoms with Crippen LogP contribution in [0.3, 0.4) is 0 Å². The molecule has 1 spiro atoms. The third-order valence-electron chi connectivity index (χ3n) is 6.33. The SMILES string of the molecule is Cc1cc(C(=O)NC2CC[C@@H]3Oc4ccc(Br)cc4C4(CSC(N)=N4)[C@H]3C2)ccn1. The predicted molar refractivity (Wildman–Crippen MR) is 122 cm³/mol. The number of nitrogens with one attached hydrogen (secondary N) is 1. The lowest BCUT2D eigenvalue weighted by Gasteiger charge is -2.48. The highest BCUT2D eigenvalue weighted by Gasteiger charge is 2.54. The lowest BCUT2D eigenvalue weighted by molar-refractivity contribution is 0.0155. The van der Waals surface area contributed by atoms with E-state index in [1.165, 1.54) is 0 Å². The number of carbonyl (C=O) groups excluding carboxylic acids is 1. The zero-order chi connectivity index (χ0) is 20.9. The van der Waals surface area contributed by atoms with Gasteiger partial charge in [0.1, 0.15) is 17.4 Å². The maximum atomic E-state index is 12.8. The van der Waals surface area contributed by atoms with Crippen LogP contribution in [0.5, 0.6) is 5.75 Å². The number of aromatic nitrogens is 1. The van der Waals surface area contributed by atoms with E-state index in [-0.39, 0.29) is 24.0 Å². The fraction of sp³-hybridized carbons (Fsp3) is 0.409. The molecular weight excluding hydrogens is 464 g/mol. The molecule has 2 aromatic rings. The molecule has 0 radical (unpaired) electrons. The first-order valence-corrected chi connectivity index (χ1v) is 11.9. The number of fused-ring (bicyclic) bond motifs is 4. The number of aryl methyl sites for hydroxylation is 1. The summed E-state index contributed by atoms with van der Waals surface area (Å²) in [6.07, 6.45) is 4.31. The average molecular weight is 487 g/mol. The van der Waals surface area contributed by atoms with Crippen LogP contribution >= 0.6 is 27.7 Å². The molecule has 1 aliphatic carbocycles. The van der Waals surface area contributed by atoms with Gasteiger partial charge in [-0.25, -0.2) is 4.99 Å². The number of aliphatic imine (C=N–C) groups is 1. The number of rotatable bonds is 2. The van der Waals surface area contributed by atoms with Gasteiger partial charge in [0.25, 0.3) is 5.91 Å². The largest absolute Gasteiger partial charge is 0.490 e. The summed E-state index contributed by atoms with van der Waals surface area (Å²) in [5, 5.41) is 3.86. The van der Waals surface area contributed by atoms with Gasteiger partial charge in [0.05, 0.1) is 0 Å². The van der Waals surface area contributed by atoms with Gasteiger partial charge in [0, 0.05) is 45.2 Å². The Balaban J connectivity index is 1.44. The second-order valence-electron chi connectivity index (χ2n) is 8.24. The van der Waals surface area contributed by atoms with Crippen LogP contribution in [-0.2, 0) is 5.54 Å². The second-order valence-corrected chi connectivity index (χ2v) is 10.1. The van der Waals surface area contributed by atoms with Gasteiger partial charge in [-0.2, -0.15) is 0 Å². The average Bonchev–Trinajstić information content (AvgIpc) is 3.12. The van der Waals surface area contributed by atoms with Crippen molar-refractivity contribution in [1.82, 2.24) is 10.3 Å². The summed E-state index contributed by atoms with van der Waals surface area (Å²) in [6, 6.07) is 9.78. The van der Waals surface area contributed by atoms with Crippen LogP contribution in [-0.4, -0.2) is 34.0 Å². The van der Waals surface area contributed by atoms with E-state index < -0.39 is 5.54 Å². The molecular formula is C22H23BrN4O2S. The first-order valence-electron chi connectivity index (χ1n) is 10.1. The number of thioether (sulfide) groups is 1. The van der Waals surface area contributed by atoms with Crippen molar-refractivity contribution in [3.05, 3.63) is 57.8 Å². The van der Waals surface area contributed by atoms with E-state index in [1.807, 2.05) is 25.1 Å². The van der Waals surface area contributed by atoms with Gasteiger partial charge >= 0.3 is 0 Å². The molecule has 156 valence electrons. The molecule has 0 bridgehead atoms. The Bertz CT molecular complexity index is 1050. The lowest BCUT2D eigenvalue weighted by Crippen LogP contribution is -2.54. The number of carbonyl (C=O) groups is 1. The molecule has 1 aromatic heterocycles. The van der Waals surface area contributed by atoms with Gasteiger partial charge in [-0.05, 0) is 56.5 Å². The van der Waals surface area contributed by atoms with Gasteiger partial charge in [-0.1, -0.05) is 27.7 Å². The van der Waals surface area contributed by atoms with E-state index in [0.717, 1.165) is 46.5 Å². The number of hydrogen-bond acceptors (Lipinski definition) is 6. The van der Waals surface area contributed by atoms with Crippen LogP contribution in [0.4, 0.5) is 0 Å². The van der Waals surface area contributed by atoms with Crippen LogP contribution in [0.15, 0.2) is 46.0 Å². The van der Waals surface area contributed by atoms with E-state index in [9.17, 15) is 4.79 Å². The summed E-state index contributed by atoms with van der Waals surface area (Å²) >= 11 is 5.20. The maximum absolute atomic E-state index is 12.8. The number of nitrogens with two attached hydrogens (primary N) is 1. The smallest absolute Gasteiger partial charge is 0.251 e. The number of hydrogen-bond donors (Lipinski definition) is 2. The highest BCUT2D eigenvalue weighted by Crippen LogP contribution is 2.54. The molecule has 30 heavy (non-hydrogen) atoms. The minimum Gasteiger partial charge on any atom is -0.490 e. The monoisotopic (exact) mass is 486 g/mol. The molecule has 3 N–H and O–H groups in total. The quantitative estimate of drug-likeness (QED) is 0.674. The first kappa shape index (κ1) is 19.9. The summed E-state index contributed by atoms with van der Waals surface area (Å²) < 4.78 is 7.41. The highest BCUT2D eigenvalue weighted by molar-refractivity contribution is 9.10. The van der Waals surface area contributed by atoms with Crippen LogP contribution < -0.4 is 15.8 Å². The molecule has 8 heteroatoms. The summed E-state index contributed by atoms with van der Waals surface area (Å²) in [5.74, 6) is 1.80. The van der Waals surface area contributed by atoms with Crippen molar-refractivity contribution in [2.24, 2.45) is 16.6 Å². The summed E-state index contributed by atoms with van der Waals surface area (Å²) in [6.45, 7) is 1.89. The van der Waals surface area contributed by atoms with Gasteiger partial charge < -0.3 is 15.8 Å². The van der Waals surface area contributed by atoms with Gasteiger partial charge in [0.15, 0.2) is 5.17 Å². The fourth-order valence-electron chi connectivity index (χ4n) is 4.95. The number of pyridine rings is 1. The number of ether oxygens (including phenoxy) is 1. The van der Waals surface area contributed by atoms with Crippen molar-refractivity contribution in [2.45, 2.75) is 43.9 Å². The van der Waals surface area contributed by atoms with Gasteiger partial charge in [-0.3, -0.25) is 9.78 Å². The Labute approximate surface area is 188 Å². The van der Waals surface area contributed by atoms with Crippen molar-refractivity contribution in [3.8, 4) is 5.75 Å². The Morgan fingerprint density at radius 2 is 2.20 bits per heavy atom. The van der Waals surface area contributed by atoms with Crippen LogP contribution in [0.1, 0.15) is 40.9 Å². The van der Waals surface area contributed by atoms with Crippen LogP contribution in [0.2, 0.25) is 0 Å². The molecule has 1 aromatic carbocycles. The Morgan fingerprint density at radius 3 is 2.97 bits per heavy atom. The van der Waals surface area contributed by atoms with Crippen molar-refractivity contribution in [1.29, 1.82) is 0 Å². The normalized spacial score (nSPS) is 29.5. The zero-order valence-electron chi connectivity index (χ0n) is 16.6. The predicted octanol–water partition coefficient (Wildman–Crippen LogP) is 3.77. The Kier molecular flexibility index (Phi) is 5.01. The first-order chi connectivity index (χ1) is 14.4. The Hall–Kier alpha value is -2.06. The van der Waals surface area contributed by atoms with Crippen molar-refractivity contribution in [3.63, 3.8) is 0 Å². The van der Waals surface area contributed by atoms with Gasteiger partial charge in [0.2, 0.25) is 0 Å². The van der Waals surface area contributed by atoms with E-state index in [0.29, 0.717) is 10.7 Å². The summed E-state index contributed by atoms with van der Waals surface area (Å²) in [7, 11) is 0. The number of amidine groups is 1. The summed E-state index contributed by atoms with van der Waals surface area (Å²) in [5.41, 5.74) is 8.30. The minimum atomic E-state index is -0.409. The Morgan fingerprint density at radius 1 is 1.33 bits per heavy atom. The van der Waals surface area contributed by atoms with Crippen molar-refractivity contribution >= 4 is 38.8 Å². The van der Waals surface area contributed by atoms with E-state index in [2.05, 4.69) is 32.3 Å². The lowest BCUT2D eigenvalue weighted by atomic mass is 9.67. The molecule has 3 aliphatic rings. The minimum absolute atomic E-state index is 0.0540. The van der Waals surface area contributed by atoms with E-state index in [4.69, 9.17) is 15.5 Å². The van der Waals surface area contributed by atoms with Gasteiger partial charge in [-0.15, -0.1) is 0 Å². The fourth-order valence-corrected chi connectivity index (χ4v) is 6.34. The molecule has 4 atom stereocenters. The molecule has 2 aliphatic heterocycles. The summed E-state index contributed by atoms with van der Waals surface area (Å²) in [4.78, 5) is 21.9. The topological polar surface area (TPSA) is 89.6 Å². The molecule has 1 fully saturated rings. The van der Waals surface area contributed by atoms with E-state index in [1.54, 1.807) is 24.0 Å². The molecule has 3 heterocycles. The number of halogens is 1. The third kappa shape index (κ3) is 3.39. The third-order valence-corrected chi connectivity index (χ3v) is 7.80. The molecule has 5 rings (SSSR count). The van der Waals surface area contributed by atoms with Crippen molar-refractivity contribution in [2.75, 3.05) is 5.75 Å². The zero-order valence-corrected chi connectivity index (χ0v) is 19.0. The molecule has 1 amide bonds. The molecule has 1 saturated carbocycles. The highest BCUT2D eigenvalue weighted by atomic mass is 79.9. The maximum Gasteiger partial charge on any atom is 0.251 e. The number of amides is 1. The molecule has 0 saturated heterocycles. The molecule has 2 unspecified atom stereocenters. The second kappa shape index (κ2) is 7.57. The number of benzene rings is 1. The standard InChI is InChI=1S/C22H23BrN4O2S/c1-12-8-13(6-7-25-12)20(28)26-15-3-5-19-17(10-15)22(11-30-21(24)27-22)16-9-14(23)2-4-18(16)29-19/h2,4,6-9,15,17,19H,3,5,10-11H2,1H3,(H2,24,27)(H,26,28)/t15?,17-,19-,22?/m0/s1. The van der Waals surface area contributed by atoms with Crippen LogP contribution in [0, 0.1) is 12.8 Å². The molecule has 6 nitrogen and oxygen atoms in total. The number of nitrogens with zero attached hydrogens (tertiary/aromatic N) is 2. The van der Waals surface area contributed by atoms with E-state index >= 15 is 0 Å². The van der Waals surface area contributed by atoms with Crippen molar-refractivity contribution < 1.29 is 9.53 Å².